The van der Waals surface area contributed by atoms with Crippen LogP contribution in [0.5, 0.6) is 0 Å². The maximum absolute atomic E-state index is 12.2. The van der Waals surface area contributed by atoms with Crippen molar-refractivity contribution in [3.63, 3.8) is 0 Å². The summed E-state index contributed by atoms with van der Waals surface area (Å²) in [6, 6.07) is 15.2. The highest BCUT2D eigenvalue weighted by Crippen LogP contribution is 2.20. The quantitative estimate of drug-likeness (QED) is 0.399. The first kappa shape index (κ1) is 21.6. The summed E-state index contributed by atoms with van der Waals surface area (Å²) >= 11 is 0. The zero-order valence-corrected chi connectivity index (χ0v) is 18.6. The molecule has 4 aromatic rings. The van der Waals surface area contributed by atoms with E-state index in [4.69, 9.17) is 0 Å². The van der Waals surface area contributed by atoms with Crippen molar-refractivity contribution >= 4 is 21.8 Å². The van der Waals surface area contributed by atoms with Gasteiger partial charge < -0.3 is 9.97 Å². The Morgan fingerprint density at radius 3 is 1.23 bits per heavy atom. The number of benzene rings is 2. The van der Waals surface area contributed by atoms with Gasteiger partial charge in [-0.25, -0.2) is 0 Å². The van der Waals surface area contributed by atoms with Gasteiger partial charge in [0.05, 0.1) is 0 Å². The van der Waals surface area contributed by atoms with Crippen molar-refractivity contribution in [3.8, 4) is 0 Å². The lowest BCUT2D eigenvalue weighted by Crippen LogP contribution is -2.22. The molecule has 0 amide bonds. The van der Waals surface area contributed by atoms with E-state index in [0.29, 0.717) is 0 Å². The molecule has 4 nitrogen and oxygen atoms in total. The van der Waals surface area contributed by atoms with Gasteiger partial charge in [-0.3, -0.25) is 9.59 Å². The maximum atomic E-state index is 12.2. The van der Waals surface area contributed by atoms with Crippen LogP contribution >= 0.6 is 0 Å². The largest absolute Gasteiger partial charge is 0.361 e. The minimum absolute atomic E-state index is 0.113. The molecule has 2 heterocycles. The Labute approximate surface area is 177 Å². The van der Waals surface area contributed by atoms with Crippen molar-refractivity contribution in [3.05, 3.63) is 92.5 Å². The Balaban J connectivity index is 0.000000171. The third kappa shape index (κ3) is 4.38. The molecular formula is C26H30N2O2. The highest BCUT2D eigenvalue weighted by molar-refractivity contribution is 5.79. The van der Waals surface area contributed by atoms with Crippen LogP contribution in [0.25, 0.3) is 21.8 Å². The topological polar surface area (TPSA) is 65.7 Å². The second-order valence-corrected chi connectivity index (χ2v) is 9.65. The van der Waals surface area contributed by atoms with Crippen molar-refractivity contribution in [2.75, 3.05) is 0 Å². The Morgan fingerprint density at radius 1 is 0.567 bits per heavy atom. The predicted octanol–water partition coefficient (Wildman–Crippen LogP) is 5.65. The smallest absolute Gasteiger partial charge is 0.193 e. The molecule has 0 aliphatic carbocycles. The summed E-state index contributed by atoms with van der Waals surface area (Å²) in [6.45, 7) is 12.3. The SMILES string of the molecule is CC(C)(C)c1c[nH]c2ccccc2c1=O.CC(C)(C)c1c[nH]c2ccccc2c1=O. The second-order valence-electron chi connectivity index (χ2n) is 9.65. The molecule has 0 radical (unpaired) electrons. The number of pyridine rings is 2. The van der Waals surface area contributed by atoms with E-state index < -0.39 is 0 Å². The summed E-state index contributed by atoms with van der Waals surface area (Å²) in [5.41, 5.74) is 3.51. The van der Waals surface area contributed by atoms with Crippen LogP contribution in [0.3, 0.4) is 0 Å². The molecule has 30 heavy (non-hydrogen) atoms. The summed E-state index contributed by atoms with van der Waals surface area (Å²) < 4.78 is 0. The number of aromatic amines is 2. The predicted molar refractivity (Wildman–Crippen MR) is 127 cm³/mol. The molecule has 0 aliphatic rings. The van der Waals surface area contributed by atoms with Gasteiger partial charge in [0.2, 0.25) is 0 Å². The van der Waals surface area contributed by atoms with Crippen LogP contribution in [0.4, 0.5) is 0 Å². The number of rotatable bonds is 0. The fraction of sp³-hybridized carbons (Fsp3) is 0.308. The van der Waals surface area contributed by atoms with Gasteiger partial charge >= 0.3 is 0 Å². The Bertz CT molecular complexity index is 1200. The Kier molecular flexibility index (Phi) is 5.71. The zero-order valence-electron chi connectivity index (χ0n) is 18.6. The normalized spacial score (nSPS) is 11.9. The minimum atomic E-state index is -0.113. The first-order valence-electron chi connectivity index (χ1n) is 10.2. The van der Waals surface area contributed by atoms with Gasteiger partial charge in [-0.1, -0.05) is 65.8 Å². The second kappa shape index (κ2) is 7.94. The van der Waals surface area contributed by atoms with E-state index in [9.17, 15) is 9.59 Å². The summed E-state index contributed by atoms with van der Waals surface area (Å²) in [4.78, 5) is 30.6. The molecule has 4 heteroatoms. The van der Waals surface area contributed by atoms with Crippen LogP contribution in [0.15, 0.2) is 70.5 Å². The molecule has 0 saturated heterocycles. The zero-order chi connectivity index (χ0) is 22.1. The maximum Gasteiger partial charge on any atom is 0.193 e. The third-order valence-corrected chi connectivity index (χ3v) is 5.19. The van der Waals surface area contributed by atoms with Crippen LogP contribution in [0, 0.1) is 0 Å². The summed E-state index contributed by atoms with van der Waals surface area (Å²) in [6.07, 6.45) is 3.65. The molecule has 2 N–H and O–H groups in total. The number of hydrogen-bond donors (Lipinski definition) is 2. The van der Waals surface area contributed by atoms with Gasteiger partial charge in [0.25, 0.3) is 0 Å². The fourth-order valence-corrected chi connectivity index (χ4v) is 3.45. The average molecular weight is 403 g/mol. The van der Waals surface area contributed by atoms with Crippen molar-refractivity contribution in [2.45, 2.75) is 52.4 Å². The van der Waals surface area contributed by atoms with Gasteiger partial charge in [0.15, 0.2) is 10.9 Å². The molecule has 4 rings (SSSR count). The van der Waals surface area contributed by atoms with Crippen LogP contribution in [0.2, 0.25) is 0 Å². The third-order valence-electron chi connectivity index (χ3n) is 5.19. The van der Waals surface area contributed by atoms with E-state index in [1.54, 1.807) is 0 Å². The molecule has 0 saturated carbocycles. The van der Waals surface area contributed by atoms with Crippen molar-refractivity contribution < 1.29 is 0 Å². The number of aromatic nitrogens is 2. The first-order chi connectivity index (χ1) is 14.0. The number of para-hydroxylation sites is 2. The van der Waals surface area contributed by atoms with Crippen LogP contribution in [0.1, 0.15) is 52.7 Å². The Hall–Kier alpha value is -3.14. The highest BCUT2D eigenvalue weighted by atomic mass is 16.1. The number of hydrogen-bond acceptors (Lipinski definition) is 2. The van der Waals surface area contributed by atoms with Gasteiger partial charge in [-0.15, -0.1) is 0 Å². The molecule has 0 spiro atoms. The lowest BCUT2D eigenvalue weighted by molar-refractivity contribution is 0.584. The van der Waals surface area contributed by atoms with E-state index in [2.05, 4.69) is 9.97 Å². The number of H-pyrrole nitrogens is 2. The van der Waals surface area contributed by atoms with E-state index in [-0.39, 0.29) is 21.7 Å². The van der Waals surface area contributed by atoms with E-state index in [1.165, 1.54) is 0 Å². The van der Waals surface area contributed by atoms with Crippen molar-refractivity contribution in [2.24, 2.45) is 0 Å². The van der Waals surface area contributed by atoms with Gasteiger partial charge in [-0.05, 0) is 35.1 Å². The molecule has 0 unspecified atom stereocenters. The average Bonchev–Trinajstić information content (AvgIpc) is 2.67. The molecule has 2 aromatic carbocycles. The van der Waals surface area contributed by atoms with Crippen molar-refractivity contribution in [1.82, 2.24) is 9.97 Å². The summed E-state index contributed by atoms with van der Waals surface area (Å²) in [7, 11) is 0. The monoisotopic (exact) mass is 402 g/mol. The number of nitrogens with one attached hydrogen (secondary N) is 2. The molecule has 0 bridgehead atoms. The van der Waals surface area contributed by atoms with Gasteiger partial charge in [0.1, 0.15) is 0 Å². The highest BCUT2D eigenvalue weighted by Gasteiger charge is 2.19. The summed E-state index contributed by atoms with van der Waals surface area (Å²) in [5, 5.41) is 1.54. The lowest BCUT2D eigenvalue weighted by Gasteiger charge is -2.18. The standard InChI is InChI=1S/2C13H15NO/c2*1-13(2,3)10-8-14-11-7-5-4-6-9(11)12(10)15/h2*4-8H,1-3H3,(H,14,15). The van der Waals surface area contributed by atoms with E-state index in [1.807, 2.05) is 102 Å². The van der Waals surface area contributed by atoms with Crippen LogP contribution in [-0.4, -0.2) is 9.97 Å². The van der Waals surface area contributed by atoms with Gasteiger partial charge in [-0.2, -0.15) is 0 Å². The van der Waals surface area contributed by atoms with Crippen LogP contribution < -0.4 is 10.9 Å². The van der Waals surface area contributed by atoms with Gasteiger partial charge in [0, 0.05) is 45.3 Å². The molecule has 0 aliphatic heterocycles. The Morgan fingerprint density at radius 2 is 0.900 bits per heavy atom. The lowest BCUT2D eigenvalue weighted by atomic mass is 9.87. The number of fused-ring (bicyclic) bond motifs is 2. The minimum Gasteiger partial charge on any atom is -0.361 e. The first-order valence-corrected chi connectivity index (χ1v) is 10.2. The van der Waals surface area contributed by atoms with Crippen LogP contribution in [-0.2, 0) is 10.8 Å². The van der Waals surface area contributed by atoms with Crippen molar-refractivity contribution in [1.29, 1.82) is 0 Å². The van der Waals surface area contributed by atoms with E-state index in [0.717, 1.165) is 32.9 Å². The summed E-state index contributed by atoms with van der Waals surface area (Å²) in [5.74, 6) is 0. The molecule has 156 valence electrons. The molecule has 0 atom stereocenters. The molecular weight excluding hydrogens is 372 g/mol. The van der Waals surface area contributed by atoms with E-state index >= 15 is 0 Å². The molecule has 0 fully saturated rings. The molecule has 2 aromatic heterocycles. The fourth-order valence-electron chi connectivity index (χ4n) is 3.45.